The zero-order valence-corrected chi connectivity index (χ0v) is 11.9. The van der Waals surface area contributed by atoms with Crippen LogP contribution >= 0.6 is 15.9 Å². The Morgan fingerprint density at radius 1 is 1.42 bits per heavy atom. The number of ether oxygens (including phenoxy) is 1. The molecule has 1 saturated heterocycles. The Labute approximate surface area is 119 Å². The molecule has 0 aliphatic carbocycles. The number of amides is 1. The topological polar surface area (TPSA) is 78.8 Å². The quantitative estimate of drug-likeness (QED) is 0.783. The van der Waals surface area contributed by atoms with Crippen LogP contribution < -0.4 is 5.32 Å². The van der Waals surface area contributed by atoms with Gasteiger partial charge in [-0.1, -0.05) is 15.9 Å². The number of benzene rings is 1. The third-order valence-electron chi connectivity index (χ3n) is 3.21. The van der Waals surface area contributed by atoms with Crippen molar-refractivity contribution < 1.29 is 19.7 Å². The summed E-state index contributed by atoms with van der Waals surface area (Å²) in [6.45, 7) is 1.15. The SMILES string of the molecule is O=C(NCC1(O)CCOCC1)c1ccc(Br)cc1O. The molecule has 0 radical (unpaired) electrons. The summed E-state index contributed by atoms with van der Waals surface area (Å²) in [5.74, 6) is -0.490. The van der Waals surface area contributed by atoms with Crippen LogP contribution in [0, 0.1) is 0 Å². The van der Waals surface area contributed by atoms with E-state index in [4.69, 9.17) is 4.74 Å². The Balaban J connectivity index is 1.97. The summed E-state index contributed by atoms with van der Waals surface area (Å²) in [6.07, 6.45) is 0.999. The van der Waals surface area contributed by atoms with Crippen LogP contribution in [0.25, 0.3) is 0 Å². The number of phenolic OH excluding ortho intramolecular Hbond substituents is 1. The maximum Gasteiger partial charge on any atom is 0.255 e. The first-order valence-corrected chi connectivity index (χ1v) is 6.86. The first-order valence-electron chi connectivity index (χ1n) is 6.07. The first-order chi connectivity index (χ1) is 9.00. The number of rotatable bonds is 3. The predicted molar refractivity (Wildman–Crippen MR) is 73.1 cm³/mol. The van der Waals surface area contributed by atoms with Crippen molar-refractivity contribution in [1.29, 1.82) is 0 Å². The molecule has 1 heterocycles. The van der Waals surface area contributed by atoms with Gasteiger partial charge in [-0.3, -0.25) is 4.79 Å². The van der Waals surface area contributed by atoms with Crippen molar-refractivity contribution >= 4 is 21.8 Å². The van der Waals surface area contributed by atoms with Gasteiger partial charge in [-0.2, -0.15) is 0 Å². The molecule has 1 aromatic carbocycles. The van der Waals surface area contributed by atoms with Crippen LogP contribution in [-0.4, -0.2) is 41.5 Å². The maximum absolute atomic E-state index is 11.9. The van der Waals surface area contributed by atoms with E-state index in [1.54, 1.807) is 6.07 Å². The van der Waals surface area contributed by atoms with Gasteiger partial charge in [0, 0.05) is 37.1 Å². The van der Waals surface area contributed by atoms with Crippen molar-refractivity contribution in [2.75, 3.05) is 19.8 Å². The number of hydrogen-bond donors (Lipinski definition) is 3. The number of nitrogens with one attached hydrogen (secondary N) is 1. The highest BCUT2D eigenvalue weighted by Crippen LogP contribution is 2.23. The lowest BCUT2D eigenvalue weighted by Crippen LogP contribution is -2.46. The monoisotopic (exact) mass is 329 g/mol. The largest absolute Gasteiger partial charge is 0.507 e. The van der Waals surface area contributed by atoms with E-state index >= 15 is 0 Å². The van der Waals surface area contributed by atoms with Gasteiger partial charge >= 0.3 is 0 Å². The third kappa shape index (κ3) is 3.68. The van der Waals surface area contributed by atoms with Crippen LogP contribution in [0.4, 0.5) is 0 Å². The fraction of sp³-hybridized carbons (Fsp3) is 0.462. The molecule has 104 valence electrons. The summed E-state index contributed by atoms with van der Waals surface area (Å²) in [5.41, 5.74) is -0.724. The van der Waals surface area contributed by atoms with Gasteiger partial charge in [-0.25, -0.2) is 0 Å². The van der Waals surface area contributed by atoms with E-state index in [0.29, 0.717) is 30.5 Å². The second-order valence-electron chi connectivity index (χ2n) is 4.68. The molecular weight excluding hydrogens is 314 g/mol. The lowest BCUT2D eigenvalue weighted by Gasteiger charge is -2.32. The Bertz CT molecular complexity index is 472. The molecule has 0 spiro atoms. The zero-order valence-electron chi connectivity index (χ0n) is 10.4. The van der Waals surface area contributed by atoms with Gasteiger partial charge in [0.2, 0.25) is 0 Å². The molecule has 1 aromatic rings. The molecule has 2 rings (SSSR count). The maximum atomic E-state index is 11.9. The molecule has 0 saturated carbocycles. The van der Waals surface area contributed by atoms with Gasteiger partial charge in [-0.15, -0.1) is 0 Å². The number of hydrogen-bond acceptors (Lipinski definition) is 4. The van der Waals surface area contributed by atoms with Crippen LogP contribution in [-0.2, 0) is 4.74 Å². The van der Waals surface area contributed by atoms with Gasteiger partial charge in [-0.05, 0) is 18.2 Å². The molecule has 0 atom stereocenters. The molecule has 6 heteroatoms. The molecular formula is C13H16BrNO4. The molecule has 1 amide bonds. The van der Waals surface area contributed by atoms with E-state index in [9.17, 15) is 15.0 Å². The number of aliphatic hydroxyl groups is 1. The Hall–Kier alpha value is -1.11. The highest BCUT2D eigenvalue weighted by Gasteiger charge is 2.30. The molecule has 19 heavy (non-hydrogen) atoms. The summed E-state index contributed by atoms with van der Waals surface area (Å²) >= 11 is 3.21. The summed E-state index contributed by atoms with van der Waals surface area (Å²) in [5, 5.41) is 22.6. The van der Waals surface area contributed by atoms with E-state index in [2.05, 4.69) is 21.2 Å². The minimum atomic E-state index is -0.918. The zero-order chi connectivity index (χ0) is 13.9. The lowest BCUT2D eigenvalue weighted by molar-refractivity contribution is -0.0605. The minimum absolute atomic E-state index is 0.0918. The fourth-order valence-electron chi connectivity index (χ4n) is 1.96. The van der Waals surface area contributed by atoms with Gasteiger partial charge in [0.15, 0.2) is 0 Å². The van der Waals surface area contributed by atoms with Crippen molar-refractivity contribution in [3.63, 3.8) is 0 Å². The summed E-state index contributed by atoms with van der Waals surface area (Å²) in [4.78, 5) is 11.9. The van der Waals surface area contributed by atoms with Gasteiger partial charge in [0.1, 0.15) is 5.75 Å². The van der Waals surface area contributed by atoms with E-state index in [1.165, 1.54) is 12.1 Å². The number of aromatic hydroxyl groups is 1. The predicted octanol–water partition coefficient (Wildman–Crippen LogP) is 1.43. The van der Waals surface area contributed by atoms with Crippen molar-refractivity contribution in [1.82, 2.24) is 5.32 Å². The molecule has 0 aromatic heterocycles. The lowest BCUT2D eigenvalue weighted by atomic mass is 9.94. The molecule has 0 bridgehead atoms. The van der Waals surface area contributed by atoms with E-state index in [-0.39, 0.29) is 17.9 Å². The highest BCUT2D eigenvalue weighted by molar-refractivity contribution is 9.10. The molecule has 1 aliphatic heterocycles. The van der Waals surface area contributed by atoms with Crippen molar-refractivity contribution in [3.8, 4) is 5.75 Å². The van der Waals surface area contributed by atoms with Crippen molar-refractivity contribution in [2.24, 2.45) is 0 Å². The van der Waals surface area contributed by atoms with Crippen LogP contribution in [0.2, 0.25) is 0 Å². The van der Waals surface area contributed by atoms with E-state index < -0.39 is 11.5 Å². The smallest absolute Gasteiger partial charge is 0.255 e. The normalized spacial score (nSPS) is 18.0. The van der Waals surface area contributed by atoms with Crippen LogP contribution in [0.5, 0.6) is 5.75 Å². The highest BCUT2D eigenvalue weighted by atomic mass is 79.9. The average molecular weight is 330 g/mol. The fourth-order valence-corrected chi connectivity index (χ4v) is 2.31. The van der Waals surface area contributed by atoms with E-state index in [0.717, 1.165) is 0 Å². The summed E-state index contributed by atoms with van der Waals surface area (Å²) < 4.78 is 5.87. The molecule has 1 fully saturated rings. The third-order valence-corrected chi connectivity index (χ3v) is 3.70. The van der Waals surface area contributed by atoms with Crippen LogP contribution in [0.3, 0.4) is 0 Å². The van der Waals surface area contributed by atoms with Crippen molar-refractivity contribution in [2.45, 2.75) is 18.4 Å². The molecule has 0 unspecified atom stereocenters. The van der Waals surface area contributed by atoms with Crippen molar-refractivity contribution in [3.05, 3.63) is 28.2 Å². The van der Waals surface area contributed by atoms with Crippen LogP contribution in [0.1, 0.15) is 23.2 Å². The Morgan fingerprint density at radius 3 is 2.74 bits per heavy atom. The van der Waals surface area contributed by atoms with Crippen LogP contribution in [0.15, 0.2) is 22.7 Å². The molecule has 1 aliphatic rings. The first kappa shape index (κ1) is 14.3. The van der Waals surface area contributed by atoms with Gasteiger partial charge in [0.05, 0.1) is 11.2 Å². The number of carbonyl (C=O) groups excluding carboxylic acids is 1. The number of halogens is 1. The Morgan fingerprint density at radius 2 is 2.11 bits per heavy atom. The molecule has 3 N–H and O–H groups in total. The standard InChI is InChI=1S/C13H16BrNO4/c14-9-1-2-10(11(16)7-9)12(17)15-8-13(18)3-5-19-6-4-13/h1-2,7,16,18H,3-6,8H2,(H,15,17). The summed E-state index contributed by atoms with van der Waals surface area (Å²) in [7, 11) is 0. The number of carbonyl (C=O) groups is 1. The van der Waals surface area contributed by atoms with E-state index in [1.807, 2.05) is 0 Å². The van der Waals surface area contributed by atoms with Gasteiger partial charge in [0.25, 0.3) is 5.91 Å². The summed E-state index contributed by atoms with van der Waals surface area (Å²) in [6, 6.07) is 4.67. The molecule has 5 nitrogen and oxygen atoms in total. The second kappa shape index (κ2) is 5.90. The Kier molecular flexibility index (Phi) is 4.44. The second-order valence-corrected chi connectivity index (χ2v) is 5.60. The van der Waals surface area contributed by atoms with Gasteiger partial charge < -0.3 is 20.3 Å². The average Bonchev–Trinajstić information content (AvgIpc) is 2.37. The minimum Gasteiger partial charge on any atom is -0.507 e. The number of phenols is 1.